The van der Waals surface area contributed by atoms with Gasteiger partial charge < -0.3 is 4.74 Å². The molecule has 0 bridgehead atoms. The summed E-state index contributed by atoms with van der Waals surface area (Å²) in [6, 6.07) is 15.9. The molecule has 2 aromatic carbocycles. The highest BCUT2D eigenvalue weighted by Gasteiger charge is 2.26. The Morgan fingerprint density at radius 1 is 1.08 bits per heavy atom. The first-order valence-electron chi connectivity index (χ1n) is 8.19. The Morgan fingerprint density at radius 2 is 1.88 bits per heavy atom. The molecule has 3 nitrogen and oxygen atoms in total. The van der Waals surface area contributed by atoms with E-state index in [-0.39, 0.29) is 0 Å². The zero-order valence-corrected chi connectivity index (χ0v) is 14.3. The number of rotatable bonds is 4. The van der Waals surface area contributed by atoms with Crippen molar-refractivity contribution < 1.29 is 4.74 Å². The molecule has 0 saturated carbocycles. The summed E-state index contributed by atoms with van der Waals surface area (Å²) in [4.78, 5) is 0. The van der Waals surface area contributed by atoms with Crippen LogP contribution in [0.15, 0.2) is 48.5 Å². The smallest absolute Gasteiger partial charge is 0.144 e. The Bertz CT molecular complexity index is 885. The van der Waals surface area contributed by atoms with E-state index in [1.165, 1.54) is 5.56 Å². The molecule has 3 aromatic rings. The lowest BCUT2D eigenvalue weighted by molar-refractivity contribution is 0.338. The summed E-state index contributed by atoms with van der Waals surface area (Å²) in [5.41, 5.74) is 5.40. The van der Waals surface area contributed by atoms with E-state index in [1.54, 1.807) is 0 Å². The second kappa shape index (κ2) is 6.33. The van der Waals surface area contributed by atoms with Crippen LogP contribution in [0.3, 0.4) is 0 Å². The van der Waals surface area contributed by atoms with E-state index in [0.717, 1.165) is 46.3 Å². The van der Waals surface area contributed by atoms with Gasteiger partial charge in [0.1, 0.15) is 11.4 Å². The lowest BCUT2D eigenvalue weighted by Gasteiger charge is -2.14. The van der Waals surface area contributed by atoms with Gasteiger partial charge in [-0.3, -0.25) is 0 Å². The van der Waals surface area contributed by atoms with Crippen LogP contribution in [0.2, 0.25) is 5.02 Å². The van der Waals surface area contributed by atoms with E-state index in [9.17, 15) is 0 Å². The molecule has 0 saturated heterocycles. The van der Waals surface area contributed by atoms with Crippen molar-refractivity contribution in [3.63, 3.8) is 0 Å². The summed E-state index contributed by atoms with van der Waals surface area (Å²) < 4.78 is 7.80. The van der Waals surface area contributed by atoms with Crippen LogP contribution in [-0.4, -0.2) is 16.4 Å². The maximum atomic E-state index is 6.50. The number of para-hydroxylation sites is 2. The van der Waals surface area contributed by atoms with E-state index in [1.807, 2.05) is 54.1 Å². The van der Waals surface area contributed by atoms with E-state index < -0.39 is 0 Å². The molecule has 121 valence electrons. The zero-order chi connectivity index (χ0) is 16.5. The summed E-state index contributed by atoms with van der Waals surface area (Å²) in [6.07, 6.45) is 4.08. The van der Waals surface area contributed by atoms with Gasteiger partial charge in [-0.2, -0.15) is 5.10 Å². The molecule has 1 radical (unpaired) electrons. The molecule has 0 atom stereocenters. The minimum absolute atomic E-state index is 0.618. The standard InChI is InChI=1S/C20H18ClN2O/c1-2-24-19-13-6-5-12-18(19)23-20(14-8-3-4-10-16(14)21)15-9-7-11-17(15)22-23/h3-8,10,12-13H,2,9,11H2,1H3. The van der Waals surface area contributed by atoms with E-state index in [0.29, 0.717) is 6.61 Å². The van der Waals surface area contributed by atoms with Gasteiger partial charge in [0, 0.05) is 16.1 Å². The molecule has 24 heavy (non-hydrogen) atoms. The number of aromatic nitrogens is 2. The van der Waals surface area contributed by atoms with Crippen molar-refractivity contribution in [2.75, 3.05) is 6.61 Å². The Balaban J connectivity index is 1.97. The molecular formula is C20H18ClN2O. The van der Waals surface area contributed by atoms with Crippen LogP contribution >= 0.6 is 11.6 Å². The number of hydrogen-bond donors (Lipinski definition) is 0. The first-order chi connectivity index (χ1) is 11.8. The topological polar surface area (TPSA) is 27.1 Å². The summed E-state index contributed by atoms with van der Waals surface area (Å²) in [5.74, 6) is 0.832. The molecule has 4 heteroatoms. The minimum atomic E-state index is 0.618. The van der Waals surface area contributed by atoms with Crippen LogP contribution in [0.1, 0.15) is 18.2 Å². The molecule has 0 spiro atoms. The Morgan fingerprint density at radius 3 is 2.71 bits per heavy atom. The van der Waals surface area contributed by atoms with Gasteiger partial charge in [0.15, 0.2) is 0 Å². The molecule has 0 aliphatic heterocycles. The van der Waals surface area contributed by atoms with Crippen LogP contribution in [0.4, 0.5) is 0 Å². The van der Waals surface area contributed by atoms with E-state index >= 15 is 0 Å². The lowest BCUT2D eigenvalue weighted by Crippen LogP contribution is -2.05. The molecule has 1 aliphatic rings. The van der Waals surface area contributed by atoms with Gasteiger partial charge >= 0.3 is 0 Å². The van der Waals surface area contributed by atoms with Crippen molar-refractivity contribution in [1.82, 2.24) is 9.78 Å². The normalized spacial score (nSPS) is 13.1. The predicted octanol–water partition coefficient (Wildman–Crippen LogP) is 4.89. The third-order valence-electron chi connectivity index (χ3n) is 4.28. The second-order valence-corrected chi connectivity index (χ2v) is 6.17. The van der Waals surface area contributed by atoms with Crippen molar-refractivity contribution in [3.05, 3.63) is 71.2 Å². The quantitative estimate of drug-likeness (QED) is 0.677. The number of fused-ring (bicyclic) bond motifs is 1. The van der Waals surface area contributed by atoms with Gasteiger partial charge in [0.05, 0.1) is 18.0 Å². The van der Waals surface area contributed by atoms with Gasteiger partial charge in [-0.05, 0) is 44.4 Å². The van der Waals surface area contributed by atoms with Crippen molar-refractivity contribution in [2.45, 2.75) is 19.8 Å². The van der Waals surface area contributed by atoms with Crippen LogP contribution in [-0.2, 0) is 12.8 Å². The van der Waals surface area contributed by atoms with Crippen molar-refractivity contribution in [2.24, 2.45) is 0 Å². The molecule has 1 aliphatic carbocycles. The number of nitrogens with zero attached hydrogens (tertiary/aromatic N) is 2. The summed E-state index contributed by atoms with van der Waals surface area (Å²) in [7, 11) is 0. The summed E-state index contributed by atoms with van der Waals surface area (Å²) >= 11 is 6.50. The van der Waals surface area contributed by atoms with Crippen molar-refractivity contribution in [3.8, 4) is 22.7 Å². The number of hydrogen-bond acceptors (Lipinski definition) is 2. The maximum absolute atomic E-state index is 6.50. The molecule has 1 aromatic heterocycles. The average Bonchev–Trinajstić information content (AvgIpc) is 3.17. The van der Waals surface area contributed by atoms with Crippen molar-refractivity contribution >= 4 is 11.6 Å². The predicted molar refractivity (Wildman–Crippen MR) is 96.9 cm³/mol. The van der Waals surface area contributed by atoms with Crippen LogP contribution in [0, 0.1) is 6.42 Å². The minimum Gasteiger partial charge on any atom is -0.492 e. The average molecular weight is 338 g/mol. The molecular weight excluding hydrogens is 320 g/mol. The molecule has 1 heterocycles. The van der Waals surface area contributed by atoms with Crippen molar-refractivity contribution in [1.29, 1.82) is 0 Å². The maximum Gasteiger partial charge on any atom is 0.144 e. The Hall–Kier alpha value is -2.26. The van der Waals surface area contributed by atoms with Gasteiger partial charge in [-0.25, -0.2) is 4.68 Å². The monoisotopic (exact) mass is 337 g/mol. The largest absolute Gasteiger partial charge is 0.492 e. The Labute approximate surface area is 146 Å². The molecule has 0 N–H and O–H groups in total. The third-order valence-corrected chi connectivity index (χ3v) is 4.60. The van der Waals surface area contributed by atoms with Gasteiger partial charge in [-0.1, -0.05) is 41.9 Å². The van der Waals surface area contributed by atoms with Gasteiger partial charge in [0.2, 0.25) is 0 Å². The second-order valence-electron chi connectivity index (χ2n) is 5.76. The summed E-state index contributed by atoms with van der Waals surface area (Å²) in [5, 5.41) is 5.61. The molecule has 0 amide bonds. The molecule has 0 fully saturated rings. The van der Waals surface area contributed by atoms with Crippen LogP contribution < -0.4 is 4.74 Å². The van der Waals surface area contributed by atoms with Crippen LogP contribution in [0.25, 0.3) is 16.9 Å². The number of halogens is 1. The fourth-order valence-corrected chi connectivity index (χ4v) is 3.47. The lowest BCUT2D eigenvalue weighted by atomic mass is 10.1. The van der Waals surface area contributed by atoms with Gasteiger partial charge in [0.25, 0.3) is 0 Å². The fourth-order valence-electron chi connectivity index (χ4n) is 3.24. The summed E-state index contributed by atoms with van der Waals surface area (Å²) in [6.45, 7) is 2.61. The Kier molecular flexibility index (Phi) is 4.03. The SMILES string of the molecule is CCOc1ccccc1-n1nc2c(c1-c1ccccc1Cl)C[CH]C2. The fraction of sp³-hybridized carbons (Fsp3) is 0.200. The zero-order valence-electron chi connectivity index (χ0n) is 13.5. The van der Waals surface area contributed by atoms with Crippen LogP contribution in [0.5, 0.6) is 5.75 Å². The third kappa shape index (κ3) is 2.49. The molecule has 4 rings (SSSR count). The molecule has 0 unspecified atom stereocenters. The first-order valence-corrected chi connectivity index (χ1v) is 8.57. The number of benzene rings is 2. The highest BCUT2D eigenvalue weighted by atomic mass is 35.5. The van der Waals surface area contributed by atoms with E-state index in [2.05, 4.69) is 12.5 Å². The number of ether oxygens (including phenoxy) is 1. The highest BCUT2D eigenvalue weighted by molar-refractivity contribution is 6.33. The first kappa shape index (κ1) is 15.3. The van der Waals surface area contributed by atoms with Gasteiger partial charge in [-0.15, -0.1) is 0 Å². The highest BCUT2D eigenvalue weighted by Crippen LogP contribution is 2.38. The van der Waals surface area contributed by atoms with E-state index in [4.69, 9.17) is 21.4 Å².